The van der Waals surface area contributed by atoms with Crippen molar-refractivity contribution in [1.29, 1.82) is 0 Å². The molecular formula is C10H10ClN3O2S. The van der Waals surface area contributed by atoms with Crippen LogP contribution in [0.2, 0.25) is 5.15 Å². The number of halogens is 1. The molecule has 1 amide bonds. The number of carbonyl (C=O) groups is 1. The van der Waals surface area contributed by atoms with Crippen molar-refractivity contribution in [3.05, 3.63) is 28.5 Å². The summed E-state index contributed by atoms with van der Waals surface area (Å²) >= 11 is 7.45. The minimum absolute atomic E-state index is 0.270. The topological polar surface area (TPSA) is 46.8 Å². The number of amides is 1. The fourth-order valence-electron chi connectivity index (χ4n) is 1.27. The predicted octanol–water partition coefficient (Wildman–Crippen LogP) is 2.08. The van der Waals surface area contributed by atoms with E-state index >= 15 is 0 Å². The maximum Gasteiger partial charge on any atom is 0.269 e. The molecule has 0 fully saturated rings. The number of rotatable bonds is 3. The van der Waals surface area contributed by atoms with E-state index in [0.29, 0.717) is 10.8 Å². The normalized spacial score (nSPS) is 11.5. The van der Waals surface area contributed by atoms with E-state index in [1.54, 1.807) is 6.08 Å². The first kappa shape index (κ1) is 12.1. The average molecular weight is 272 g/mol. The van der Waals surface area contributed by atoms with E-state index < -0.39 is 0 Å². The molecule has 0 aromatic carbocycles. The summed E-state index contributed by atoms with van der Waals surface area (Å²) in [5.41, 5.74) is 0.681. The van der Waals surface area contributed by atoms with Crippen LogP contribution in [-0.4, -0.2) is 34.5 Å². The molecule has 90 valence electrons. The molecule has 0 unspecified atom stereocenters. The van der Waals surface area contributed by atoms with E-state index in [4.69, 9.17) is 16.4 Å². The van der Waals surface area contributed by atoms with Gasteiger partial charge in [0.2, 0.25) is 0 Å². The number of imidazole rings is 1. The number of hydrogen-bond donors (Lipinski definition) is 0. The molecule has 0 N–H and O–H groups in total. The van der Waals surface area contributed by atoms with E-state index in [2.05, 4.69) is 4.98 Å². The summed E-state index contributed by atoms with van der Waals surface area (Å²) < 4.78 is 1.82. The molecule has 0 spiro atoms. The molecule has 0 atom stereocenters. The maximum absolute atomic E-state index is 11.5. The first-order valence-corrected chi connectivity index (χ1v) is 6.00. The molecule has 0 saturated carbocycles. The van der Waals surface area contributed by atoms with Crippen molar-refractivity contribution in [2.24, 2.45) is 0 Å². The maximum atomic E-state index is 11.5. The van der Waals surface area contributed by atoms with Gasteiger partial charge in [-0.05, 0) is 6.08 Å². The van der Waals surface area contributed by atoms with Gasteiger partial charge in [-0.3, -0.25) is 14.0 Å². The van der Waals surface area contributed by atoms with Crippen LogP contribution in [0.25, 0.3) is 11.0 Å². The lowest BCUT2D eigenvalue weighted by atomic mass is 10.4. The van der Waals surface area contributed by atoms with Crippen LogP contribution < -0.4 is 0 Å². The van der Waals surface area contributed by atoms with Crippen molar-refractivity contribution in [1.82, 2.24) is 14.4 Å². The van der Waals surface area contributed by atoms with Crippen LogP contribution in [0.15, 0.2) is 17.7 Å². The Labute approximate surface area is 107 Å². The Morgan fingerprint density at radius 1 is 1.71 bits per heavy atom. The van der Waals surface area contributed by atoms with Gasteiger partial charge in [-0.15, -0.1) is 11.3 Å². The van der Waals surface area contributed by atoms with Gasteiger partial charge >= 0.3 is 0 Å². The number of carbonyl (C=O) groups excluding carboxylic acids is 1. The van der Waals surface area contributed by atoms with Crippen LogP contribution in [0.4, 0.5) is 0 Å². The highest BCUT2D eigenvalue weighted by Gasteiger charge is 2.09. The lowest BCUT2D eigenvalue weighted by Crippen LogP contribution is -2.22. The van der Waals surface area contributed by atoms with Gasteiger partial charge in [-0.2, -0.15) is 0 Å². The first-order chi connectivity index (χ1) is 8.13. The molecular weight excluding hydrogens is 262 g/mol. The Morgan fingerprint density at radius 3 is 3.18 bits per heavy atom. The molecule has 2 heterocycles. The molecule has 7 heteroatoms. The van der Waals surface area contributed by atoms with Gasteiger partial charge in [0.1, 0.15) is 0 Å². The summed E-state index contributed by atoms with van der Waals surface area (Å²) in [5.74, 6) is -0.270. The van der Waals surface area contributed by atoms with E-state index in [1.807, 2.05) is 16.0 Å². The van der Waals surface area contributed by atoms with Crippen molar-refractivity contribution in [3.63, 3.8) is 0 Å². The largest absolute Gasteiger partial charge is 0.289 e. The van der Waals surface area contributed by atoms with Crippen LogP contribution in [-0.2, 0) is 9.63 Å². The smallest absolute Gasteiger partial charge is 0.269 e. The lowest BCUT2D eigenvalue weighted by Gasteiger charge is -2.09. The summed E-state index contributed by atoms with van der Waals surface area (Å²) in [7, 11) is 2.96. The first-order valence-electron chi connectivity index (χ1n) is 4.74. The molecule has 0 radical (unpaired) electrons. The lowest BCUT2D eigenvalue weighted by molar-refractivity contribution is -0.162. The number of likely N-dealkylation sites (N-methyl/N-ethyl adjacent to an activating group) is 1. The monoisotopic (exact) mass is 271 g/mol. The molecule has 0 aliphatic carbocycles. The highest BCUT2D eigenvalue weighted by atomic mass is 35.5. The zero-order valence-corrected chi connectivity index (χ0v) is 10.8. The van der Waals surface area contributed by atoms with Crippen LogP contribution in [0.1, 0.15) is 5.69 Å². The van der Waals surface area contributed by atoms with E-state index in [-0.39, 0.29) is 5.91 Å². The fraction of sp³-hybridized carbons (Fsp3) is 0.200. The molecule has 0 bridgehead atoms. The highest BCUT2D eigenvalue weighted by Crippen LogP contribution is 2.22. The molecule has 0 saturated heterocycles. The third-order valence-electron chi connectivity index (χ3n) is 2.22. The minimum Gasteiger partial charge on any atom is -0.289 e. The third kappa shape index (κ3) is 2.33. The van der Waals surface area contributed by atoms with Gasteiger partial charge in [0.25, 0.3) is 5.91 Å². The third-order valence-corrected chi connectivity index (χ3v) is 3.26. The van der Waals surface area contributed by atoms with Crippen molar-refractivity contribution in [2.45, 2.75) is 0 Å². The Balaban J connectivity index is 2.29. The number of fused-ring (bicyclic) bond motifs is 1. The van der Waals surface area contributed by atoms with Crippen LogP contribution >= 0.6 is 22.9 Å². The minimum atomic E-state index is -0.270. The number of nitrogens with zero attached hydrogens (tertiary/aromatic N) is 3. The Kier molecular flexibility index (Phi) is 3.46. The summed E-state index contributed by atoms with van der Waals surface area (Å²) in [6.45, 7) is 0. The van der Waals surface area contributed by atoms with Crippen molar-refractivity contribution in [2.75, 3.05) is 14.2 Å². The van der Waals surface area contributed by atoms with Gasteiger partial charge < -0.3 is 0 Å². The quantitative estimate of drug-likeness (QED) is 0.634. The number of hydroxylamine groups is 2. The summed E-state index contributed by atoms with van der Waals surface area (Å²) in [4.78, 5) is 21.2. The van der Waals surface area contributed by atoms with Gasteiger partial charge in [-0.1, -0.05) is 11.6 Å². The van der Waals surface area contributed by atoms with Crippen LogP contribution in [0.3, 0.4) is 0 Å². The van der Waals surface area contributed by atoms with Crippen molar-refractivity contribution < 1.29 is 9.63 Å². The van der Waals surface area contributed by atoms with Gasteiger partial charge in [-0.25, -0.2) is 10.0 Å². The molecule has 2 rings (SSSR count). The molecule has 0 aliphatic rings. The van der Waals surface area contributed by atoms with Crippen LogP contribution in [0.5, 0.6) is 0 Å². The second-order valence-corrected chi connectivity index (χ2v) is 4.43. The van der Waals surface area contributed by atoms with Gasteiger partial charge in [0.15, 0.2) is 10.1 Å². The van der Waals surface area contributed by atoms with Crippen molar-refractivity contribution in [3.8, 4) is 0 Å². The second kappa shape index (κ2) is 4.87. The molecule has 5 nitrogen and oxygen atoms in total. The number of thiazole rings is 1. The van der Waals surface area contributed by atoms with Gasteiger partial charge in [0.05, 0.1) is 12.8 Å². The SMILES string of the molecule is CON(C)C(=O)C=Cc1c(Cl)nc2sccn12. The van der Waals surface area contributed by atoms with E-state index in [0.717, 1.165) is 10.0 Å². The molecule has 17 heavy (non-hydrogen) atoms. The zero-order valence-electron chi connectivity index (χ0n) is 9.25. The highest BCUT2D eigenvalue weighted by molar-refractivity contribution is 7.15. The molecule has 2 aromatic heterocycles. The standard InChI is InChI=1S/C10H10ClN3O2S/c1-13(16-2)8(15)4-3-7-9(11)12-10-14(7)5-6-17-10/h3-6H,1-2H3. The second-order valence-electron chi connectivity index (χ2n) is 3.20. The average Bonchev–Trinajstić information content (AvgIpc) is 2.86. The summed E-state index contributed by atoms with van der Waals surface area (Å²) in [5, 5.41) is 3.40. The van der Waals surface area contributed by atoms with Crippen LogP contribution in [0, 0.1) is 0 Å². The fourth-order valence-corrected chi connectivity index (χ4v) is 2.28. The zero-order chi connectivity index (χ0) is 12.4. The predicted molar refractivity (Wildman–Crippen MR) is 66.9 cm³/mol. The van der Waals surface area contributed by atoms with E-state index in [1.165, 1.54) is 31.6 Å². The summed E-state index contributed by atoms with van der Waals surface area (Å²) in [6, 6.07) is 0. The Bertz CT molecular complexity index is 575. The van der Waals surface area contributed by atoms with Gasteiger partial charge in [0, 0.05) is 24.7 Å². The van der Waals surface area contributed by atoms with E-state index in [9.17, 15) is 4.79 Å². The Hall–Kier alpha value is -1.37. The number of hydrogen-bond acceptors (Lipinski definition) is 4. The molecule has 0 aliphatic heterocycles. The Morgan fingerprint density at radius 2 is 2.47 bits per heavy atom. The summed E-state index contributed by atoms with van der Waals surface area (Å²) in [6.07, 6.45) is 4.85. The number of aromatic nitrogens is 2. The molecule has 2 aromatic rings. The van der Waals surface area contributed by atoms with Crippen molar-refractivity contribution >= 4 is 39.9 Å².